The van der Waals surface area contributed by atoms with Gasteiger partial charge in [-0.25, -0.2) is 0 Å². The van der Waals surface area contributed by atoms with Crippen LogP contribution in [0.4, 0.5) is 0 Å². The van der Waals surface area contributed by atoms with Crippen molar-refractivity contribution in [1.82, 2.24) is 10.2 Å². The Morgan fingerprint density at radius 1 is 1.18 bits per heavy atom. The van der Waals surface area contributed by atoms with E-state index in [4.69, 9.17) is 0 Å². The van der Waals surface area contributed by atoms with Crippen molar-refractivity contribution in [2.24, 2.45) is 0 Å². The molecule has 1 aromatic rings. The normalized spacial score (nSPS) is 10.4. The summed E-state index contributed by atoms with van der Waals surface area (Å²) in [5.74, 6) is -0.291. The molecule has 0 saturated heterocycles. The molecule has 0 aliphatic heterocycles. The third-order valence-electron chi connectivity index (χ3n) is 2.40. The summed E-state index contributed by atoms with van der Waals surface area (Å²) in [6.45, 7) is 2.80. The van der Waals surface area contributed by atoms with Crippen molar-refractivity contribution < 1.29 is 9.59 Å². The number of likely N-dealkylation sites (N-methyl/N-ethyl adjacent to an activating group) is 1. The lowest BCUT2D eigenvalue weighted by Crippen LogP contribution is -2.32. The van der Waals surface area contributed by atoms with E-state index in [2.05, 4.69) is 5.32 Å². The van der Waals surface area contributed by atoms with E-state index in [1.165, 1.54) is 6.92 Å². The minimum absolute atomic E-state index is 0.0941. The molecule has 0 heterocycles. The molecule has 0 atom stereocenters. The van der Waals surface area contributed by atoms with Crippen molar-refractivity contribution in [1.29, 1.82) is 0 Å². The van der Waals surface area contributed by atoms with Crippen LogP contribution in [0, 0.1) is 0 Å². The smallest absolute Gasteiger partial charge is 0.252 e. The van der Waals surface area contributed by atoms with Crippen LogP contribution in [0.3, 0.4) is 0 Å². The fraction of sp³-hybridized carbons (Fsp3) is 0.385. The number of Topliss-reactive ketones (excluding diaryl/α,β-unsaturated/α-hetero) is 1. The quantitative estimate of drug-likeness (QED) is 0.778. The lowest BCUT2D eigenvalue weighted by Gasteiger charge is -2.11. The maximum atomic E-state index is 11.9. The molecule has 0 bridgehead atoms. The second kappa shape index (κ2) is 6.15. The number of benzene rings is 1. The number of amides is 1. The summed E-state index contributed by atoms with van der Waals surface area (Å²) >= 11 is 0. The molecule has 1 rings (SSSR count). The number of hydrogen-bond acceptors (Lipinski definition) is 3. The SMILES string of the molecule is CC(=O)c1ccccc1C(=O)NCCN(C)C. The molecule has 4 nitrogen and oxygen atoms in total. The Bertz CT molecular complexity index is 414. The molecule has 0 spiro atoms. The third kappa shape index (κ3) is 4.00. The minimum atomic E-state index is -0.197. The molecule has 4 heteroatoms. The predicted molar refractivity (Wildman–Crippen MR) is 67.3 cm³/mol. The van der Waals surface area contributed by atoms with Gasteiger partial charge in [0.25, 0.3) is 5.91 Å². The van der Waals surface area contributed by atoms with Crippen LogP contribution in [-0.4, -0.2) is 43.8 Å². The lowest BCUT2D eigenvalue weighted by molar-refractivity contribution is 0.0936. The molecule has 0 aromatic heterocycles. The summed E-state index contributed by atoms with van der Waals surface area (Å²) in [6, 6.07) is 6.85. The first-order valence-corrected chi connectivity index (χ1v) is 5.55. The number of rotatable bonds is 5. The zero-order valence-corrected chi connectivity index (χ0v) is 10.5. The highest BCUT2D eigenvalue weighted by atomic mass is 16.2. The summed E-state index contributed by atoms with van der Waals surface area (Å²) in [5.41, 5.74) is 0.911. The Morgan fingerprint density at radius 3 is 2.29 bits per heavy atom. The maximum absolute atomic E-state index is 11.9. The Kier molecular flexibility index (Phi) is 4.84. The molecule has 0 radical (unpaired) electrons. The van der Waals surface area contributed by atoms with Crippen molar-refractivity contribution >= 4 is 11.7 Å². The topological polar surface area (TPSA) is 49.4 Å². The largest absolute Gasteiger partial charge is 0.351 e. The Labute approximate surface area is 102 Å². The number of nitrogens with one attached hydrogen (secondary N) is 1. The number of carbonyl (C=O) groups excluding carboxylic acids is 2. The number of carbonyl (C=O) groups is 2. The standard InChI is InChI=1S/C13H18N2O2/c1-10(16)11-6-4-5-7-12(11)13(17)14-8-9-15(2)3/h4-7H,8-9H2,1-3H3,(H,14,17). The van der Waals surface area contributed by atoms with Gasteiger partial charge in [0.15, 0.2) is 5.78 Å². The zero-order valence-electron chi connectivity index (χ0n) is 10.5. The first-order chi connectivity index (χ1) is 8.02. The third-order valence-corrected chi connectivity index (χ3v) is 2.40. The molecule has 17 heavy (non-hydrogen) atoms. The number of nitrogens with zero attached hydrogens (tertiary/aromatic N) is 1. The zero-order chi connectivity index (χ0) is 12.8. The molecular formula is C13H18N2O2. The lowest BCUT2D eigenvalue weighted by atomic mass is 10.0. The van der Waals surface area contributed by atoms with Crippen LogP contribution in [0.25, 0.3) is 0 Å². The van der Waals surface area contributed by atoms with E-state index in [0.717, 1.165) is 6.54 Å². The highest BCUT2D eigenvalue weighted by molar-refractivity contribution is 6.07. The van der Waals surface area contributed by atoms with E-state index < -0.39 is 0 Å². The Morgan fingerprint density at radius 2 is 1.76 bits per heavy atom. The van der Waals surface area contributed by atoms with Crippen LogP contribution in [0.15, 0.2) is 24.3 Å². The van der Waals surface area contributed by atoms with Gasteiger partial charge < -0.3 is 10.2 Å². The number of hydrogen-bond donors (Lipinski definition) is 1. The van der Waals surface area contributed by atoms with Crippen molar-refractivity contribution in [2.45, 2.75) is 6.92 Å². The van der Waals surface area contributed by atoms with Crippen LogP contribution >= 0.6 is 0 Å². The number of ketones is 1. The summed E-state index contributed by atoms with van der Waals surface area (Å²) in [5, 5.41) is 2.79. The van der Waals surface area contributed by atoms with Crippen LogP contribution in [0.5, 0.6) is 0 Å². The summed E-state index contributed by atoms with van der Waals surface area (Å²) in [4.78, 5) is 25.2. The predicted octanol–water partition coefficient (Wildman–Crippen LogP) is 1.18. The molecule has 0 aliphatic carbocycles. The van der Waals surface area contributed by atoms with Gasteiger partial charge in [-0.1, -0.05) is 18.2 Å². The van der Waals surface area contributed by atoms with Crippen molar-refractivity contribution in [3.05, 3.63) is 35.4 Å². The van der Waals surface area contributed by atoms with E-state index in [9.17, 15) is 9.59 Å². The molecule has 0 unspecified atom stereocenters. The fourth-order valence-electron chi connectivity index (χ4n) is 1.48. The van der Waals surface area contributed by atoms with Gasteiger partial charge in [-0.3, -0.25) is 9.59 Å². The van der Waals surface area contributed by atoms with Gasteiger partial charge in [-0.15, -0.1) is 0 Å². The first kappa shape index (κ1) is 13.4. The fourth-order valence-corrected chi connectivity index (χ4v) is 1.48. The second-order valence-electron chi connectivity index (χ2n) is 4.16. The van der Waals surface area contributed by atoms with Crippen molar-refractivity contribution in [3.63, 3.8) is 0 Å². The summed E-state index contributed by atoms with van der Waals surface area (Å²) in [7, 11) is 3.88. The van der Waals surface area contributed by atoms with Gasteiger partial charge in [0.1, 0.15) is 0 Å². The van der Waals surface area contributed by atoms with Gasteiger partial charge in [0.2, 0.25) is 0 Å². The highest BCUT2D eigenvalue weighted by Gasteiger charge is 2.12. The van der Waals surface area contributed by atoms with Crippen LogP contribution in [0.2, 0.25) is 0 Å². The molecule has 1 aromatic carbocycles. The monoisotopic (exact) mass is 234 g/mol. The van der Waals surface area contributed by atoms with E-state index in [0.29, 0.717) is 17.7 Å². The molecular weight excluding hydrogens is 216 g/mol. The van der Waals surface area contributed by atoms with Crippen LogP contribution < -0.4 is 5.32 Å². The molecule has 92 valence electrons. The highest BCUT2D eigenvalue weighted by Crippen LogP contribution is 2.09. The maximum Gasteiger partial charge on any atom is 0.252 e. The van der Waals surface area contributed by atoms with Gasteiger partial charge in [0.05, 0.1) is 5.56 Å². The van der Waals surface area contributed by atoms with Gasteiger partial charge in [-0.05, 0) is 27.1 Å². The van der Waals surface area contributed by atoms with Crippen LogP contribution in [0.1, 0.15) is 27.6 Å². The van der Waals surface area contributed by atoms with Crippen LogP contribution in [-0.2, 0) is 0 Å². The van der Waals surface area contributed by atoms with Gasteiger partial charge in [0, 0.05) is 18.7 Å². The Hall–Kier alpha value is -1.68. The van der Waals surface area contributed by atoms with E-state index >= 15 is 0 Å². The first-order valence-electron chi connectivity index (χ1n) is 5.55. The van der Waals surface area contributed by atoms with E-state index in [-0.39, 0.29) is 11.7 Å². The van der Waals surface area contributed by atoms with Gasteiger partial charge in [-0.2, -0.15) is 0 Å². The van der Waals surface area contributed by atoms with E-state index in [1.807, 2.05) is 19.0 Å². The molecule has 0 fully saturated rings. The minimum Gasteiger partial charge on any atom is -0.351 e. The molecule has 1 amide bonds. The summed E-state index contributed by atoms with van der Waals surface area (Å²) < 4.78 is 0. The molecule has 0 aliphatic rings. The molecule has 0 saturated carbocycles. The Balaban J connectivity index is 2.72. The van der Waals surface area contributed by atoms with Gasteiger partial charge >= 0.3 is 0 Å². The van der Waals surface area contributed by atoms with E-state index in [1.54, 1.807) is 24.3 Å². The second-order valence-corrected chi connectivity index (χ2v) is 4.16. The average molecular weight is 234 g/mol. The summed E-state index contributed by atoms with van der Waals surface area (Å²) in [6.07, 6.45) is 0. The van der Waals surface area contributed by atoms with Crippen molar-refractivity contribution in [3.8, 4) is 0 Å². The molecule has 1 N–H and O–H groups in total. The average Bonchev–Trinajstić information content (AvgIpc) is 2.28. The van der Waals surface area contributed by atoms with Crippen molar-refractivity contribution in [2.75, 3.05) is 27.2 Å².